The van der Waals surface area contributed by atoms with Crippen LogP contribution in [-0.4, -0.2) is 31.9 Å². The minimum absolute atomic E-state index is 0.642. The van der Waals surface area contributed by atoms with Crippen LogP contribution >= 0.6 is 15.9 Å². The van der Waals surface area contributed by atoms with Crippen LogP contribution in [0.15, 0.2) is 34.9 Å². The van der Waals surface area contributed by atoms with Crippen LogP contribution in [0.1, 0.15) is 11.3 Å². The van der Waals surface area contributed by atoms with E-state index >= 15 is 0 Å². The number of benzene rings is 1. The smallest absolute Gasteiger partial charge is 0.128 e. The van der Waals surface area contributed by atoms with Crippen LogP contribution in [0.3, 0.4) is 0 Å². The number of aromatic nitrogens is 5. The molecule has 3 rings (SSSR count). The number of nitrogens with zero attached hydrogens (tertiary/aromatic N) is 5. The molecule has 0 amide bonds. The standard InChI is InChI=1S/C15H16BrN5O/c1-10-15(13-8-14(16)18-20(13)2)21(19-17-10)9-11-4-6-12(22-3)7-5-11/h4-8H,9H2,1-3H3. The molecule has 2 heterocycles. The van der Waals surface area contributed by atoms with Crippen molar-refractivity contribution < 1.29 is 4.74 Å². The first-order valence-corrected chi connectivity index (χ1v) is 7.60. The van der Waals surface area contributed by atoms with Gasteiger partial charge in [0.15, 0.2) is 0 Å². The molecule has 0 spiro atoms. The quantitative estimate of drug-likeness (QED) is 0.716. The van der Waals surface area contributed by atoms with Gasteiger partial charge in [-0.15, -0.1) is 5.10 Å². The van der Waals surface area contributed by atoms with Crippen molar-refractivity contribution in [3.63, 3.8) is 0 Å². The zero-order valence-electron chi connectivity index (χ0n) is 12.6. The maximum Gasteiger partial charge on any atom is 0.128 e. The van der Waals surface area contributed by atoms with Gasteiger partial charge in [0.1, 0.15) is 16.0 Å². The molecule has 2 aromatic heterocycles. The lowest BCUT2D eigenvalue weighted by atomic mass is 10.2. The third-order valence-corrected chi connectivity index (χ3v) is 3.88. The maximum atomic E-state index is 5.18. The van der Waals surface area contributed by atoms with Crippen molar-refractivity contribution in [2.24, 2.45) is 7.05 Å². The van der Waals surface area contributed by atoms with Gasteiger partial charge in [0.25, 0.3) is 0 Å². The molecule has 0 N–H and O–H groups in total. The second-order valence-corrected chi connectivity index (χ2v) is 5.82. The van der Waals surface area contributed by atoms with Gasteiger partial charge in [-0.3, -0.25) is 4.68 Å². The summed E-state index contributed by atoms with van der Waals surface area (Å²) in [6.45, 7) is 2.59. The molecule has 0 saturated heterocycles. The van der Waals surface area contributed by atoms with Crippen LogP contribution in [0.4, 0.5) is 0 Å². The molecule has 6 nitrogen and oxygen atoms in total. The van der Waals surface area contributed by atoms with Crippen molar-refractivity contribution in [1.82, 2.24) is 24.8 Å². The molecule has 1 aromatic carbocycles. The van der Waals surface area contributed by atoms with Crippen LogP contribution in [0.25, 0.3) is 11.4 Å². The van der Waals surface area contributed by atoms with E-state index in [0.717, 1.165) is 33.0 Å². The number of hydrogen-bond acceptors (Lipinski definition) is 4. The third kappa shape index (κ3) is 2.76. The Morgan fingerprint density at radius 1 is 1.23 bits per heavy atom. The zero-order chi connectivity index (χ0) is 15.7. The molecule has 0 bridgehead atoms. The molecule has 114 valence electrons. The minimum atomic E-state index is 0.642. The van der Waals surface area contributed by atoms with E-state index in [9.17, 15) is 0 Å². The number of ether oxygens (including phenoxy) is 1. The van der Waals surface area contributed by atoms with Gasteiger partial charge in [-0.1, -0.05) is 17.3 Å². The summed E-state index contributed by atoms with van der Waals surface area (Å²) in [6.07, 6.45) is 0. The van der Waals surface area contributed by atoms with Gasteiger partial charge in [0, 0.05) is 13.1 Å². The molecule has 0 fully saturated rings. The Balaban J connectivity index is 1.96. The normalized spacial score (nSPS) is 10.9. The first-order chi connectivity index (χ1) is 10.6. The van der Waals surface area contributed by atoms with Crippen LogP contribution in [0.2, 0.25) is 0 Å². The van der Waals surface area contributed by atoms with E-state index in [-0.39, 0.29) is 0 Å². The summed E-state index contributed by atoms with van der Waals surface area (Å²) in [7, 11) is 3.57. The highest BCUT2D eigenvalue weighted by Gasteiger charge is 2.16. The molecular weight excluding hydrogens is 346 g/mol. The maximum absolute atomic E-state index is 5.18. The van der Waals surface area contributed by atoms with Gasteiger partial charge in [-0.25, -0.2) is 4.68 Å². The van der Waals surface area contributed by atoms with Crippen molar-refractivity contribution in [3.05, 3.63) is 46.2 Å². The van der Waals surface area contributed by atoms with Crippen LogP contribution in [0, 0.1) is 6.92 Å². The van der Waals surface area contributed by atoms with Gasteiger partial charge in [0.05, 0.1) is 25.0 Å². The fourth-order valence-electron chi connectivity index (χ4n) is 2.39. The Hall–Kier alpha value is -2.15. The molecule has 0 saturated carbocycles. The number of hydrogen-bond donors (Lipinski definition) is 0. The van der Waals surface area contributed by atoms with Crippen LogP contribution < -0.4 is 4.74 Å². The van der Waals surface area contributed by atoms with E-state index in [4.69, 9.17) is 4.74 Å². The van der Waals surface area contributed by atoms with Crippen molar-refractivity contribution in [2.45, 2.75) is 13.5 Å². The Morgan fingerprint density at radius 2 is 1.95 bits per heavy atom. The minimum Gasteiger partial charge on any atom is -0.497 e. The lowest BCUT2D eigenvalue weighted by molar-refractivity contribution is 0.414. The van der Waals surface area contributed by atoms with E-state index in [1.165, 1.54) is 0 Å². The first kappa shape index (κ1) is 14.8. The Kier molecular flexibility index (Phi) is 3.98. The molecular formula is C15H16BrN5O. The fourth-order valence-corrected chi connectivity index (χ4v) is 2.84. The molecule has 0 unspecified atom stereocenters. The van der Waals surface area contributed by atoms with Gasteiger partial charge in [-0.05, 0) is 40.5 Å². The lowest BCUT2D eigenvalue weighted by Crippen LogP contribution is -2.06. The monoisotopic (exact) mass is 361 g/mol. The Labute approximate surface area is 136 Å². The molecule has 3 aromatic rings. The van der Waals surface area contributed by atoms with Crippen molar-refractivity contribution >= 4 is 15.9 Å². The van der Waals surface area contributed by atoms with E-state index in [1.807, 2.05) is 53.7 Å². The summed E-state index contributed by atoms with van der Waals surface area (Å²) in [5.41, 5.74) is 3.96. The van der Waals surface area contributed by atoms with Gasteiger partial charge < -0.3 is 4.74 Å². The number of aryl methyl sites for hydroxylation is 2. The summed E-state index contributed by atoms with van der Waals surface area (Å²) < 4.78 is 9.69. The van der Waals surface area contributed by atoms with Crippen molar-refractivity contribution in [3.8, 4) is 17.1 Å². The Morgan fingerprint density at radius 3 is 2.55 bits per heavy atom. The molecule has 0 aliphatic carbocycles. The highest BCUT2D eigenvalue weighted by atomic mass is 79.9. The average Bonchev–Trinajstić information content (AvgIpc) is 3.02. The van der Waals surface area contributed by atoms with E-state index in [1.54, 1.807) is 7.11 Å². The molecule has 0 aliphatic rings. The van der Waals surface area contributed by atoms with Gasteiger partial charge >= 0.3 is 0 Å². The van der Waals surface area contributed by atoms with Gasteiger partial charge in [-0.2, -0.15) is 5.10 Å². The third-order valence-electron chi connectivity index (χ3n) is 3.49. The van der Waals surface area contributed by atoms with E-state index in [0.29, 0.717) is 6.54 Å². The Bertz CT molecular complexity index is 791. The summed E-state index contributed by atoms with van der Waals surface area (Å²) in [5, 5.41) is 12.8. The largest absolute Gasteiger partial charge is 0.497 e. The summed E-state index contributed by atoms with van der Waals surface area (Å²) in [5.74, 6) is 0.842. The average molecular weight is 362 g/mol. The van der Waals surface area contributed by atoms with Crippen molar-refractivity contribution in [1.29, 1.82) is 0 Å². The molecule has 0 aliphatic heterocycles. The molecule has 0 radical (unpaired) electrons. The fraction of sp³-hybridized carbons (Fsp3) is 0.267. The predicted octanol–water partition coefficient (Wildman–Crippen LogP) is 2.81. The zero-order valence-corrected chi connectivity index (χ0v) is 14.2. The highest BCUT2D eigenvalue weighted by molar-refractivity contribution is 9.10. The SMILES string of the molecule is COc1ccc(Cn2nnc(C)c2-c2cc(Br)nn2C)cc1. The molecule has 0 atom stereocenters. The molecule has 7 heteroatoms. The van der Waals surface area contributed by atoms with E-state index in [2.05, 4.69) is 31.3 Å². The second-order valence-electron chi connectivity index (χ2n) is 5.01. The summed E-state index contributed by atoms with van der Waals surface area (Å²) in [6, 6.07) is 9.91. The lowest BCUT2D eigenvalue weighted by Gasteiger charge is -2.08. The predicted molar refractivity (Wildman–Crippen MR) is 86.8 cm³/mol. The topological polar surface area (TPSA) is 57.8 Å². The van der Waals surface area contributed by atoms with Crippen molar-refractivity contribution in [2.75, 3.05) is 7.11 Å². The highest BCUT2D eigenvalue weighted by Crippen LogP contribution is 2.25. The number of halogens is 1. The summed E-state index contributed by atoms with van der Waals surface area (Å²) in [4.78, 5) is 0. The second kappa shape index (κ2) is 5.92. The summed E-state index contributed by atoms with van der Waals surface area (Å²) >= 11 is 3.40. The number of methoxy groups -OCH3 is 1. The van der Waals surface area contributed by atoms with E-state index < -0.39 is 0 Å². The first-order valence-electron chi connectivity index (χ1n) is 6.81. The molecule has 22 heavy (non-hydrogen) atoms. The van der Waals surface area contributed by atoms with Crippen LogP contribution in [-0.2, 0) is 13.6 Å². The number of rotatable bonds is 4. The van der Waals surface area contributed by atoms with Crippen LogP contribution in [0.5, 0.6) is 5.75 Å². The van der Waals surface area contributed by atoms with Gasteiger partial charge in [0.2, 0.25) is 0 Å².